The van der Waals surface area contributed by atoms with Crippen LogP contribution in [0.3, 0.4) is 0 Å². The van der Waals surface area contributed by atoms with Crippen molar-refractivity contribution >= 4 is 110 Å². The summed E-state index contributed by atoms with van der Waals surface area (Å²) in [4.78, 5) is 38.8. The quantitative estimate of drug-likeness (QED) is 0.0353. The van der Waals surface area contributed by atoms with Crippen LogP contribution in [0.5, 0.6) is 28.7 Å². The van der Waals surface area contributed by atoms with E-state index in [2.05, 4.69) is 78.2 Å². The molecular formula is C91H79Br2F9N12O14S3Zn. The van der Waals surface area contributed by atoms with Crippen molar-refractivity contribution in [2.45, 2.75) is 97.4 Å². The van der Waals surface area contributed by atoms with Gasteiger partial charge in [-0.2, -0.15) is 54.5 Å². The number of aromatic nitrogens is 9. The Morgan fingerprint density at radius 2 is 0.795 bits per heavy atom. The third kappa shape index (κ3) is 21.6. The van der Waals surface area contributed by atoms with Gasteiger partial charge in [0, 0.05) is 71.1 Å². The fourth-order valence-electron chi connectivity index (χ4n) is 15.0. The molecule has 0 bridgehead atoms. The SMILES string of the molecule is CC1C[CH-]C1.COc1cc(C2CC(C(F)(F)F)C2)c(F)cc1-n1c(=O)ccc2cc(S(=O)(=O)Nc3cccnn3)ccc21.COc1ccc(CN(c2cccnn2)S(=O)(=O)c2ccc3c(ccc(=O)n3-c3cc(F)c(Br)cc3OC)c2)cc1.COc1ccc(CN(c2cccnn2)S(=O)(=O)c2ccc3c(ccc(=O)n3-c3cc(F)c(C4CC(C(F)(F)F)C4)cc3OC)c2)cc1.[Zn+][Br]. The van der Waals surface area contributed by atoms with Gasteiger partial charge >= 0.3 is 42.3 Å². The van der Waals surface area contributed by atoms with E-state index in [1.807, 2.05) is 0 Å². The Balaban J connectivity index is 0.000000163. The zero-order chi connectivity index (χ0) is 94.9. The van der Waals surface area contributed by atoms with Crippen LogP contribution in [0.2, 0.25) is 0 Å². The van der Waals surface area contributed by atoms with Crippen molar-refractivity contribution < 1.29 is 105 Å². The molecule has 684 valence electrons. The van der Waals surface area contributed by atoms with Gasteiger partial charge in [0.1, 0.15) is 46.2 Å². The van der Waals surface area contributed by atoms with E-state index in [1.165, 1.54) is 219 Å². The number of hydrogen-bond donors (Lipinski definition) is 1. The van der Waals surface area contributed by atoms with Crippen molar-refractivity contribution in [3.8, 4) is 45.8 Å². The minimum absolute atomic E-state index is 0.0159. The topological polar surface area (TPSA) is 310 Å². The summed E-state index contributed by atoms with van der Waals surface area (Å²) >= 11 is 7.38. The molecule has 0 atom stereocenters. The molecule has 132 heavy (non-hydrogen) atoms. The van der Waals surface area contributed by atoms with Crippen molar-refractivity contribution in [1.29, 1.82) is 0 Å². The zero-order valence-corrected chi connectivity index (χ0v) is 79.4. The van der Waals surface area contributed by atoms with Gasteiger partial charge < -0.3 is 30.1 Å². The number of sulfonamides is 3. The predicted octanol–water partition coefficient (Wildman–Crippen LogP) is 18.7. The minimum atomic E-state index is -4.35. The number of halogens is 11. The van der Waals surface area contributed by atoms with Crippen LogP contribution in [-0.4, -0.2) is 117 Å². The fraction of sp³-hybridized carbons (Fsp3) is 0.231. The van der Waals surface area contributed by atoms with Crippen LogP contribution in [0.25, 0.3) is 49.8 Å². The average molecular weight is 2060 g/mol. The fourth-order valence-corrected chi connectivity index (χ4v) is 19.2. The Morgan fingerprint density at radius 1 is 0.447 bits per heavy atom. The summed E-state index contributed by atoms with van der Waals surface area (Å²) in [6.07, 6.45) is -0.287. The summed E-state index contributed by atoms with van der Waals surface area (Å²) in [5.41, 5.74) is 1.10. The van der Waals surface area contributed by atoms with Gasteiger partial charge in [-0.05, 0) is 227 Å². The normalized spacial score (nSPS) is 15.4. The van der Waals surface area contributed by atoms with Crippen LogP contribution in [-0.2, 0) is 59.5 Å². The number of nitrogens with one attached hydrogen (secondary N) is 1. The molecule has 0 spiro atoms. The van der Waals surface area contributed by atoms with E-state index in [0.717, 1.165) is 31.2 Å². The van der Waals surface area contributed by atoms with Gasteiger partial charge in [-0.1, -0.05) is 37.1 Å². The molecule has 3 aliphatic carbocycles. The molecule has 26 nitrogen and oxygen atoms in total. The number of hydrogen-bond acceptors (Lipinski definition) is 20. The summed E-state index contributed by atoms with van der Waals surface area (Å²) in [6, 6.07) is 51.0. The summed E-state index contributed by atoms with van der Waals surface area (Å²) < 4.78 is 240. The number of fused-ring (bicyclic) bond motifs is 3. The second-order valence-corrected chi connectivity index (χ2v) is 36.8. The van der Waals surface area contributed by atoms with Gasteiger partial charge in [0.05, 0.1) is 113 Å². The van der Waals surface area contributed by atoms with E-state index in [4.69, 9.17) is 23.7 Å². The second-order valence-electron chi connectivity index (χ2n) is 30.5. The van der Waals surface area contributed by atoms with Crippen LogP contribution in [0.4, 0.5) is 57.0 Å². The molecule has 3 saturated carbocycles. The number of methoxy groups -OCH3 is 5. The van der Waals surface area contributed by atoms with Crippen LogP contribution in [0.1, 0.15) is 79.5 Å². The van der Waals surface area contributed by atoms with Gasteiger partial charge in [0.15, 0.2) is 17.5 Å². The van der Waals surface area contributed by atoms with Crippen LogP contribution in [0.15, 0.2) is 264 Å². The summed E-state index contributed by atoms with van der Waals surface area (Å²) in [5.74, 6) is -3.43. The zero-order valence-electron chi connectivity index (χ0n) is 70.8. The first-order valence-corrected chi connectivity index (χ1v) is 52.3. The number of anilines is 3. The van der Waals surface area contributed by atoms with E-state index in [-0.39, 0.29) is 132 Å². The maximum atomic E-state index is 15.4. The van der Waals surface area contributed by atoms with Gasteiger partial charge in [-0.25, -0.2) is 47.0 Å². The molecule has 17 rings (SSSR count). The molecule has 6 heterocycles. The molecule has 0 amide bonds. The maximum absolute atomic E-state index is 15.4. The summed E-state index contributed by atoms with van der Waals surface area (Å²) in [7, 11) is -5.34. The van der Waals surface area contributed by atoms with Gasteiger partial charge in [-0.3, -0.25) is 32.8 Å². The Labute approximate surface area is 775 Å². The second kappa shape index (κ2) is 41.3. The number of pyridine rings is 3. The molecule has 6 aromatic heterocycles. The molecule has 1 N–H and O–H groups in total. The molecular weight excluding hydrogens is 1980 g/mol. The molecule has 41 heteroatoms. The third-order valence-electron chi connectivity index (χ3n) is 22.3. The Kier molecular flexibility index (Phi) is 30.5. The number of rotatable bonds is 23. The Morgan fingerprint density at radius 3 is 1.12 bits per heavy atom. The number of nitrogens with zero attached hydrogens (tertiary/aromatic N) is 11. The molecule has 8 aromatic carbocycles. The van der Waals surface area contributed by atoms with Crippen molar-refractivity contribution in [2.75, 3.05) is 48.9 Å². The van der Waals surface area contributed by atoms with Crippen molar-refractivity contribution in [3.63, 3.8) is 0 Å². The molecule has 0 radical (unpaired) electrons. The first-order valence-electron chi connectivity index (χ1n) is 40.2. The van der Waals surface area contributed by atoms with Gasteiger partial charge in [-0.15, -0.1) is 15.3 Å². The Bertz CT molecular complexity index is 7110. The predicted molar refractivity (Wildman–Crippen MR) is 480 cm³/mol. The van der Waals surface area contributed by atoms with Crippen molar-refractivity contribution in [2.24, 2.45) is 17.8 Å². The van der Waals surface area contributed by atoms with Crippen molar-refractivity contribution in [1.82, 2.24) is 44.3 Å². The average Bonchev–Trinajstić information content (AvgIpc) is 0.756. The summed E-state index contributed by atoms with van der Waals surface area (Å²) in [6.45, 7) is 2.19. The number of alkyl halides is 6. The first kappa shape index (κ1) is 97.4. The van der Waals surface area contributed by atoms with Crippen LogP contribution in [0, 0.1) is 41.6 Å². The molecule has 14 aromatic rings. The van der Waals surface area contributed by atoms with E-state index >= 15 is 8.78 Å². The molecule has 0 aliphatic heterocycles. The molecule has 3 fully saturated rings. The molecule has 3 aliphatic rings. The van der Waals surface area contributed by atoms with Gasteiger partial charge in [0.25, 0.3) is 46.7 Å². The van der Waals surface area contributed by atoms with Crippen LogP contribution >= 0.6 is 29.6 Å². The van der Waals surface area contributed by atoms with Crippen molar-refractivity contribution in [3.05, 3.63) is 313 Å². The first-order chi connectivity index (χ1) is 63.0. The molecule has 0 saturated heterocycles. The van der Waals surface area contributed by atoms with E-state index in [0.29, 0.717) is 44.3 Å². The number of benzene rings is 8. The van der Waals surface area contributed by atoms with Gasteiger partial charge in [0.2, 0.25) is 0 Å². The van der Waals surface area contributed by atoms with E-state index < -0.39 is 100 Å². The molecule has 0 unspecified atom stereocenters. The Hall–Kier alpha value is -12.2. The third-order valence-corrected chi connectivity index (χ3v) is 27.7. The van der Waals surface area contributed by atoms with E-state index in [1.54, 1.807) is 73.8 Å². The standard InChI is InChI=1S/C33H28F4N4O5S.C28H22BrFN4O5S.C25H20F4N4O4S.C5H9.BrH.Zn/c1-45-24-8-5-20(6-9-24)19-40(31-4-3-13-38-39-31)47(43,44)25-10-11-28-21(16-25)7-12-32(42)41(28)29-18-27(34)26(17-30(29)46-2)22-14-23(15-22)33(35,36)37;1-38-20-8-5-18(6-9-20)17-33(27-4-3-13-31-32-27)40(36,37)21-10-11-24-19(14-21)7-12-28(35)34(24)25-16-23(30)22(29)15-26(25)39-2;1-37-22-12-18(15-9-16(10-15)25(27,28)29)19(26)13-21(22)33-20-6-5-17(11-14(20)4-7-24(33)34)38(35,36)32-23-3-2-8-30-31-23;1-5-3-2-4-5;;/h3-13,16-18,22-23H,14-15,19H2,1-2H3;3-16H,17H2,1-2H3;2-8,11-13,15-16H,9-10H2,1H3,(H,31,32);2,5H,3-4H2,1H3;1H;/q;;;-1;;+2/p-1. The van der Waals surface area contributed by atoms with Crippen LogP contribution < -0.4 is 53.7 Å². The summed E-state index contributed by atoms with van der Waals surface area (Å²) in [5, 5.41) is 24.2. The monoisotopic (exact) mass is 2050 g/mol. The van der Waals surface area contributed by atoms with E-state index in [9.17, 15) is 70.4 Å². The number of ether oxygens (including phenoxy) is 5.